The van der Waals surface area contributed by atoms with Crippen LogP contribution in [0, 0.1) is 11.8 Å². The van der Waals surface area contributed by atoms with Gasteiger partial charge in [0.05, 0.1) is 0 Å². The molecular weight excluding hydrogens is 180 g/mol. The highest BCUT2D eigenvalue weighted by Gasteiger charge is 1.85. The topological polar surface area (TPSA) is 0 Å². The maximum absolute atomic E-state index is 5.74. The van der Waals surface area contributed by atoms with E-state index in [0.717, 1.165) is 10.6 Å². The van der Waals surface area contributed by atoms with Crippen molar-refractivity contribution in [3.8, 4) is 11.8 Å². The molecule has 0 atom stereocenters. The maximum atomic E-state index is 5.74. The van der Waals surface area contributed by atoms with Gasteiger partial charge in [-0.2, -0.15) is 0 Å². The van der Waals surface area contributed by atoms with Gasteiger partial charge in [0.25, 0.3) is 0 Å². The van der Waals surface area contributed by atoms with Gasteiger partial charge in [-0.3, -0.25) is 0 Å². The van der Waals surface area contributed by atoms with Crippen molar-refractivity contribution in [2.75, 3.05) is 0 Å². The van der Waals surface area contributed by atoms with Crippen LogP contribution in [0.5, 0.6) is 0 Å². The van der Waals surface area contributed by atoms with Gasteiger partial charge in [-0.1, -0.05) is 29.0 Å². The van der Waals surface area contributed by atoms with Gasteiger partial charge in [-0.25, -0.2) is 0 Å². The molecule has 0 heterocycles. The summed E-state index contributed by atoms with van der Waals surface area (Å²) < 4.78 is 0. The van der Waals surface area contributed by atoms with E-state index < -0.39 is 0 Å². The van der Waals surface area contributed by atoms with Crippen molar-refractivity contribution in [2.45, 2.75) is 13.8 Å². The number of benzene rings is 1. The first-order chi connectivity index (χ1) is 6.18. The summed E-state index contributed by atoms with van der Waals surface area (Å²) in [5, 5.41) is 0.743. The molecule has 0 bridgehead atoms. The van der Waals surface area contributed by atoms with Crippen molar-refractivity contribution in [3.05, 3.63) is 46.5 Å². The summed E-state index contributed by atoms with van der Waals surface area (Å²) in [7, 11) is 0. The largest absolute Gasteiger partial charge is 0.0843 e. The molecule has 0 fully saturated rings. The SMILES string of the molecule is CC(C)=CC#Cc1ccc(Cl)cc1. The first-order valence-electron chi connectivity index (χ1n) is 4.09. The third-order valence-corrected chi connectivity index (χ3v) is 1.67. The second kappa shape index (κ2) is 4.74. The van der Waals surface area contributed by atoms with Crippen molar-refractivity contribution >= 4 is 11.6 Å². The van der Waals surface area contributed by atoms with Crippen LogP contribution in [0.1, 0.15) is 19.4 Å². The third kappa shape index (κ3) is 3.83. The quantitative estimate of drug-likeness (QED) is 0.548. The Hall–Kier alpha value is -1.19. The van der Waals surface area contributed by atoms with Gasteiger partial charge in [-0.05, 0) is 44.2 Å². The minimum absolute atomic E-state index is 0.743. The second-order valence-corrected chi connectivity index (χ2v) is 3.43. The van der Waals surface area contributed by atoms with Crippen LogP contribution in [0.2, 0.25) is 5.02 Å². The molecule has 0 aliphatic carbocycles. The van der Waals surface area contributed by atoms with Crippen LogP contribution in [0.15, 0.2) is 35.9 Å². The summed E-state index contributed by atoms with van der Waals surface area (Å²) in [6.07, 6.45) is 1.90. The number of halogens is 1. The molecule has 0 aliphatic heterocycles. The Morgan fingerprint density at radius 2 is 1.85 bits per heavy atom. The fourth-order valence-electron chi connectivity index (χ4n) is 0.797. The molecule has 0 saturated carbocycles. The van der Waals surface area contributed by atoms with Crippen LogP contribution in [-0.4, -0.2) is 0 Å². The summed E-state index contributed by atoms with van der Waals surface area (Å²) in [6.45, 7) is 4.05. The summed E-state index contributed by atoms with van der Waals surface area (Å²) in [5.74, 6) is 5.98. The average Bonchev–Trinajstić information content (AvgIpc) is 2.08. The Bertz CT molecular complexity index is 356. The van der Waals surface area contributed by atoms with Crippen LogP contribution >= 0.6 is 11.6 Å². The number of allylic oxidation sites excluding steroid dienone is 2. The average molecular weight is 191 g/mol. The van der Waals surface area contributed by atoms with Crippen molar-refractivity contribution < 1.29 is 0 Å². The highest BCUT2D eigenvalue weighted by atomic mass is 35.5. The predicted molar refractivity (Wildman–Crippen MR) is 57.8 cm³/mol. The first-order valence-corrected chi connectivity index (χ1v) is 4.47. The number of hydrogen-bond acceptors (Lipinski definition) is 0. The molecule has 0 N–H and O–H groups in total. The monoisotopic (exact) mass is 190 g/mol. The van der Waals surface area contributed by atoms with E-state index in [1.807, 2.05) is 44.2 Å². The fraction of sp³-hybridized carbons (Fsp3) is 0.167. The molecule has 13 heavy (non-hydrogen) atoms. The van der Waals surface area contributed by atoms with Crippen LogP contribution < -0.4 is 0 Å². The summed E-state index contributed by atoms with van der Waals surface area (Å²) in [4.78, 5) is 0. The zero-order valence-corrected chi connectivity index (χ0v) is 8.52. The van der Waals surface area contributed by atoms with E-state index in [0.29, 0.717) is 0 Å². The van der Waals surface area contributed by atoms with Gasteiger partial charge >= 0.3 is 0 Å². The summed E-state index contributed by atoms with van der Waals surface area (Å²) >= 11 is 5.74. The molecule has 0 spiro atoms. The molecule has 1 heteroatoms. The van der Waals surface area contributed by atoms with Crippen LogP contribution in [0.4, 0.5) is 0 Å². The molecule has 0 aromatic heterocycles. The Morgan fingerprint density at radius 1 is 1.23 bits per heavy atom. The van der Waals surface area contributed by atoms with E-state index in [2.05, 4.69) is 11.8 Å². The van der Waals surface area contributed by atoms with Gasteiger partial charge in [0.1, 0.15) is 0 Å². The Labute approximate surface area is 84.2 Å². The normalized spacial score (nSPS) is 8.54. The van der Waals surface area contributed by atoms with Crippen molar-refractivity contribution in [2.24, 2.45) is 0 Å². The van der Waals surface area contributed by atoms with Gasteiger partial charge in [0, 0.05) is 10.6 Å². The molecule has 0 unspecified atom stereocenters. The van der Waals surface area contributed by atoms with Crippen molar-refractivity contribution in [3.63, 3.8) is 0 Å². The molecule has 0 saturated heterocycles. The van der Waals surface area contributed by atoms with E-state index in [4.69, 9.17) is 11.6 Å². The highest BCUT2D eigenvalue weighted by Crippen LogP contribution is 2.08. The molecule has 1 aromatic carbocycles. The third-order valence-electron chi connectivity index (χ3n) is 1.42. The second-order valence-electron chi connectivity index (χ2n) is 3.00. The fourth-order valence-corrected chi connectivity index (χ4v) is 0.923. The molecule has 0 aliphatic rings. The molecule has 1 aromatic rings. The highest BCUT2D eigenvalue weighted by molar-refractivity contribution is 6.30. The molecule has 66 valence electrons. The molecule has 0 nitrogen and oxygen atoms in total. The zero-order valence-electron chi connectivity index (χ0n) is 7.76. The maximum Gasteiger partial charge on any atom is 0.0406 e. The lowest BCUT2D eigenvalue weighted by atomic mass is 10.2. The molecule has 1 rings (SSSR count). The number of rotatable bonds is 0. The summed E-state index contributed by atoms with van der Waals surface area (Å²) in [5.41, 5.74) is 2.20. The number of hydrogen-bond donors (Lipinski definition) is 0. The Morgan fingerprint density at radius 3 is 2.38 bits per heavy atom. The van der Waals surface area contributed by atoms with Gasteiger partial charge in [-0.15, -0.1) is 0 Å². The summed E-state index contributed by atoms with van der Waals surface area (Å²) in [6, 6.07) is 7.50. The lowest BCUT2D eigenvalue weighted by molar-refractivity contribution is 1.40. The van der Waals surface area contributed by atoms with Crippen molar-refractivity contribution in [1.82, 2.24) is 0 Å². The zero-order chi connectivity index (χ0) is 9.68. The molecular formula is C12H11Cl. The van der Waals surface area contributed by atoms with E-state index in [1.54, 1.807) is 0 Å². The molecule has 0 amide bonds. The minimum atomic E-state index is 0.743. The first kappa shape index (κ1) is 9.89. The predicted octanol–water partition coefficient (Wildman–Crippen LogP) is 3.66. The van der Waals surface area contributed by atoms with E-state index in [-0.39, 0.29) is 0 Å². The Balaban J connectivity index is 2.79. The minimum Gasteiger partial charge on any atom is -0.0843 e. The van der Waals surface area contributed by atoms with Crippen LogP contribution in [0.25, 0.3) is 0 Å². The van der Waals surface area contributed by atoms with Gasteiger partial charge < -0.3 is 0 Å². The van der Waals surface area contributed by atoms with Gasteiger partial charge in [0.2, 0.25) is 0 Å². The van der Waals surface area contributed by atoms with Crippen LogP contribution in [0.3, 0.4) is 0 Å². The van der Waals surface area contributed by atoms with E-state index in [9.17, 15) is 0 Å². The lowest BCUT2D eigenvalue weighted by Crippen LogP contribution is -1.71. The van der Waals surface area contributed by atoms with E-state index in [1.165, 1.54) is 5.57 Å². The molecule has 0 radical (unpaired) electrons. The Kier molecular flexibility index (Phi) is 3.61. The van der Waals surface area contributed by atoms with E-state index >= 15 is 0 Å². The van der Waals surface area contributed by atoms with Crippen LogP contribution in [-0.2, 0) is 0 Å². The lowest BCUT2D eigenvalue weighted by Gasteiger charge is -1.89. The van der Waals surface area contributed by atoms with Crippen molar-refractivity contribution in [1.29, 1.82) is 0 Å². The smallest absolute Gasteiger partial charge is 0.0406 e. The standard InChI is InChI=1S/C12H11Cl/c1-10(2)4-3-5-11-6-8-12(13)9-7-11/h4,6-9H,1-2H3. The van der Waals surface area contributed by atoms with Gasteiger partial charge in [0.15, 0.2) is 0 Å².